The number of rotatable bonds is 3. The number of hydrogen-bond acceptors (Lipinski definition) is 3. The lowest BCUT2D eigenvalue weighted by Gasteiger charge is -2.05. The Bertz CT molecular complexity index is 726. The summed E-state index contributed by atoms with van der Waals surface area (Å²) in [5.74, 6) is 0.668. The van der Waals surface area contributed by atoms with Crippen LogP contribution in [0.2, 0.25) is 0 Å². The van der Waals surface area contributed by atoms with E-state index in [0.29, 0.717) is 21.5 Å². The zero-order valence-corrected chi connectivity index (χ0v) is 12.5. The molecule has 0 amide bonds. The summed E-state index contributed by atoms with van der Waals surface area (Å²) in [5, 5.41) is 3.85. The average molecular weight is 392 g/mol. The van der Waals surface area contributed by atoms with Gasteiger partial charge in [-0.2, -0.15) is 0 Å². The maximum Gasteiger partial charge on any atom is 0.138 e. The van der Waals surface area contributed by atoms with E-state index in [1.807, 2.05) is 27.2 Å². The number of imidazole rings is 1. The molecule has 0 aliphatic rings. The zero-order valence-electron chi connectivity index (χ0n) is 9.61. The lowest BCUT2D eigenvalue weighted by Crippen LogP contribution is -2.04. The fourth-order valence-electron chi connectivity index (χ4n) is 1.93. The Hall–Kier alpha value is -1.15. The van der Waals surface area contributed by atoms with Crippen molar-refractivity contribution in [2.75, 3.05) is 0 Å². The highest BCUT2D eigenvalue weighted by atomic mass is 127. The van der Waals surface area contributed by atoms with Gasteiger partial charge in [0.25, 0.3) is 0 Å². The number of alkyl halides is 1. The number of benzene rings is 1. The fraction of sp³-hybridized carbons (Fsp3) is 0.167. The first-order chi connectivity index (χ1) is 9.19. The molecule has 0 spiro atoms. The van der Waals surface area contributed by atoms with E-state index in [1.54, 1.807) is 12.1 Å². The Morgan fingerprint density at radius 1 is 1.42 bits per heavy atom. The van der Waals surface area contributed by atoms with Gasteiger partial charge in [0.05, 0.1) is 27.0 Å². The van der Waals surface area contributed by atoms with Crippen LogP contribution in [0.5, 0.6) is 0 Å². The van der Waals surface area contributed by atoms with Crippen LogP contribution in [-0.4, -0.2) is 14.7 Å². The highest BCUT2D eigenvalue weighted by Crippen LogP contribution is 2.23. The first kappa shape index (κ1) is 12.9. The van der Waals surface area contributed by atoms with Gasteiger partial charge in [0.1, 0.15) is 23.6 Å². The summed E-state index contributed by atoms with van der Waals surface area (Å²) in [6, 6.07) is 4.94. The molecule has 19 heavy (non-hydrogen) atoms. The quantitative estimate of drug-likeness (QED) is 0.507. The average Bonchev–Trinajstić information content (AvgIpc) is 3.00. The first-order valence-corrected chi connectivity index (χ1v) is 7.09. The minimum Gasteiger partial charge on any atom is -0.364 e. The molecule has 0 aliphatic heterocycles. The SMILES string of the molecule is Fc1cc2c(cc1I)nc(CCl)n2Cc1ccon1. The Morgan fingerprint density at radius 2 is 2.26 bits per heavy atom. The third kappa shape index (κ3) is 2.34. The molecule has 0 unspecified atom stereocenters. The van der Waals surface area contributed by atoms with Crippen LogP contribution in [-0.2, 0) is 12.4 Å². The molecular weight excluding hydrogens is 384 g/mol. The molecule has 3 aromatic rings. The maximum absolute atomic E-state index is 13.7. The van der Waals surface area contributed by atoms with Crippen molar-refractivity contribution in [3.05, 3.63) is 45.4 Å². The maximum atomic E-state index is 13.7. The molecule has 1 aromatic carbocycles. The molecule has 0 bridgehead atoms. The van der Waals surface area contributed by atoms with Crippen LogP contribution in [0.25, 0.3) is 11.0 Å². The van der Waals surface area contributed by atoms with Crippen LogP contribution in [0, 0.1) is 9.39 Å². The minimum absolute atomic E-state index is 0.255. The van der Waals surface area contributed by atoms with Crippen LogP contribution in [0.3, 0.4) is 0 Å². The van der Waals surface area contributed by atoms with Crippen molar-refractivity contribution in [1.82, 2.24) is 14.7 Å². The lowest BCUT2D eigenvalue weighted by atomic mass is 10.3. The second-order valence-electron chi connectivity index (χ2n) is 3.99. The number of fused-ring (bicyclic) bond motifs is 1. The second-order valence-corrected chi connectivity index (χ2v) is 5.42. The Morgan fingerprint density at radius 3 is 2.95 bits per heavy atom. The van der Waals surface area contributed by atoms with E-state index < -0.39 is 0 Å². The molecule has 0 N–H and O–H groups in total. The lowest BCUT2D eigenvalue weighted by molar-refractivity contribution is 0.409. The molecule has 0 saturated heterocycles. The van der Waals surface area contributed by atoms with Gasteiger partial charge in [0, 0.05) is 12.1 Å². The molecule has 2 aromatic heterocycles. The summed E-state index contributed by atoms with van der Waals surface area (Å²) < 4.78 is 20.9. The smallest absolute Gasteiger partial charge is 0.138 e. The highest BCUT2D eigenvalue weighted by Gasteiger charge is 2.14. The monoisotopic (exact) mass is 391 g/mol. The Balaban J connectivity index is 2.17. The topological polar surface area (TPSA) is 43.9 Å². The first-order valence-electron chi connectivity index (χ1n) is 5.48. The number of hydrogen-bond donors (Lipinski definition) is 0. The van der Waals surface area contributed by atoms with E-state index in [2.05, 4.69) is 10.1 Å². The molecule has 7 heteroatoms. The molecule has 0 radical (unpaired) electrons. The summed E-state index contributed by atoms with van der Waals surface area (Å²) in [6.07, 6.45) is 1.50. The van der Waals surface area contributed by atoms with Crippen molar-refractivity contribution in [3.8, 4) is 0 Å². The van der Waals surface area contributed by atoms with Gasteiger partial charge in [0.2, 0.25) is 0 Å². The van der Waals surface area contributed by atoms with Crippen LogP contribution < -0.4 is 0 Å². The van der Waals surface area contributed by atoms with Gasteiger partial charge in [-0.05, 0) is 28.7 Å². The number of aromatic nitrogens is 3. The zero-order chi connectivity index (χ0) is 13.4. The van der Waals surface area contributed by atoms with Crippen molar-refractivity contribution in [2.45, 2.75) is 12.4 Å². The molecular formula is C12H8ClFIN3O. The van der Waals surface area contributed by atoms with Crippen molar-refractivity contribution >= 4 is 45.2 Å². The molecule has 0 aliphatic carbocycles. The largest absolute Gasteiger partial charge is 0.364 e. The van der Waals surface area contributed by atoms with E-state index in [0.717, 1.165) is 11.2 Å². The molecule has 0 saturated carbocycles. The molecule has 2 heterocycles. The number of halogens is 3. The molecule has 4 nitrogen and oxygen atoms in total. The number of nitrogens with zero attached hydrogens (tertiary/aromatic N) is 3. The predicted molar refractivity (Wildman–Crippen MR) is 77.6 cm³/mol. The van der Waals surface area contributed by atoms with Crippen LogP contribution in [0.4, 0.5) is 4.39 Å². The van der Waals surface area contributed by atoms with Crippen molar-refractivity contribution in [1.29, 1.82) is 0 Å². The molecule has 3 rings (SSSR count). The molecule has 0 fully saturated rings. The standard InChI is InChI=1S/C12H8ClFIN3O/c13-5-12-16-10-4-9(15)8(14)3-11(10)18(12)6-7-1-2-19-17-7/h1-4H,5-6H2. The van der Waals surface area contributed by atoms with Crippen molar-refractivity contribution in [2.24, 2.45) is 0 Å². The van der Waals surface area contributed by atoms with Gasteiger partial charge < -0.3 is 9.09 Å². The summed E-state index contributed by atoms with van der Waals surface area (Å²) in [7, 11) is 0. The van der Waals surface area contributed by atoms with Crippen LogP contribution in [0.15, 0.2) is 29.0 Å². The highest BCUT2D eigenvalue weighted by molar-refractivity contribution is 14.1. The third-order valence-corrected chi connectivity index (χ3v) is 3.87. The van der Waals surface area contributed by atoms with E-state index in [-0.39, 0.29) is 11.7 Å². The van der Waals surface area contributed by atoms with Gasteiger partial charge in [0.15, 0.2) is 0 Å². The van der Waals surface area contributed by atoms with E-state index >= 15 is 0 Å². The fourth-order valence-corrected chi connectivity index (χ4v) is 2.58. The van der Waals surface area contributed by atoms with Gasteiger partial charge in [-0.3, -0.25) is 0 Å². The Labute approximate surface area is 126 Å². The Kier molecular flexibility index (Phi) is 3.44. The van der Waals surface area contributed by atoms with Crippen LogP contribution >= 0.6 is 34.2 Å². The normalized spacial score (nSPS) is 11.3. The summed E-state index contributed by atoms with van der Waals surface area (Å²) in [4.78, 5) is 4.41. The van der Waals surface area contributed by atoms with E-state index in [9.17, 15) is 4.39 Å². The third-order valence-electron chi connectivity index (χ3n) is 2.80. The second kappa shape index (κ2) is 5.09. The van der Waals surface area contributed by atoms with Crippen LogP contribution in [0.1, 0.15) is 11.5 Å². The van der Waals surface area contributed by atoms with Crippen molar-refractivity contribution < 1.29 is 8.91 Å². The summed E-state index contributed by atoms with van der Waals surface area (Å²) >= 11 is 7.84. The van der Waals surface area contributed by atoms with Gasteiger partial charge in [-0.15, -0.1) is 11.6 Å². The van der Waals surface area contributed by atoms with Gasteiger partial charge in [-0.25, -0.2) is 9.37 Å². The van der Waals surface area contributed by atoms with Crippen molar-refractivity contribution in [3.63, 3.8) is 0 Å². The summed E-state index contributed by atoms with van der Waals surface area (Å²) in [5.41, 5.74) is 2.17. The summed E-state index contributed by atoms with van der Waals surface area (Å²) in [6.45, 7) is 0.453. The van der Waals surface area contributed by atoms with E-state index in [1.165, 1.54) is 12.3 Å². The molecule has 98 valence electrons. The van der Waals surface area contributed by atoms with Gasteiger partial charge >= 0.3 is 0 Å². The predicted octanol–water partition coefficient (Wildman–Crippen LogP) is 3.56. The minimum atomic E-state index is -0.268. The molecule has 0 atom stereocenters. The van der Waals surface area contributed by atoms with E-state index in [4.69, 9.17) is 16.1 Å². The van der Waals surface area contributed by atoms with Gasteiger partial charge in [-0.1, -0.05) is 5.16 Å².